The molecule has 0 saturated heterocycles. The van der Waals surface area contributed by atoms with Gasteiger partial charge in [0.15, 0.2) is 5.78 Å². The summed E-state index contributed by atoms with van der Waals surface area (Å²) in [6, 6.07) is 0.392. The van der Waals surface area contributed by atoms with Crippen molar-refractivity contribution < 1.29 is 35.9 Å². The van der Waals surface area contributed by atoms with E-state index >= 15 is 0 Å². The molecule has 0 atom stereocenters. The van der Waals surface area contributed by atoms with Crippen molar-refractivity contribution in [1.29, 1.82) is 0 Å². The van der Waals surface area contributed by atoms with Crippen LogP contribution >= 0.6 is 15.9 Å². The third kappa shape index (κ3) is 3.44. The Morgan fingerprint density at radius 3 is 2.05 bits per heavy atom. The van der Waals surface area contributed by atoms with Gasteiger partial charge in [-0.1, -0.05) is 15.9 Å². The minimum atomic E-state index is -5.01. The summed E-state index contributed by atoms with van der Waals surface area (Å²) in [4.78, 5) is 11.5. The molecule has 0 heterocycles. The highest BCUT2D eigenvalue weighted by Gasteiger charge is 2.41. The van der Waals surface area contributed by atoms with Crippen LogP contribution in [0.4, 0.5) is 26.3 Å². The first-order chi connectivity index (χ1) is 9.02. The number of methoxy groups -OCH3 is 1. The lowest BCUT2D eigenvalue weighted by molar-refractivity contribution is -0.142. The van der Waals surface area contributed by atoms with E-state index in [9.17, 15) is 31.1 Å². The van der Waals surface area contributed by atoms with E-state index in [1.54, 1.807) is 0 Å². The lowest BCUT2D eigenvalue weighted by Gasteiger charge is -2.18. The average molecular weight is 365 g/mol. The van der Waals surface area contributed by atoms with E-state index in [2.05, 4.69) is 20.7 Å². The van der Waals surface area contributed by atoms with E-state index in [-0.39, 0.29) is 12.1 Å². The van der Waals surface area contributed by atoms with Crippen LogP contribution in [0, 0.1) is 0 Å². The monoisotopic (exact) mass is 364 g/mol. The first-order valence-electron chi connectivity index (χ1n) is 4.98. The Balaban J connectivity index is 3.70. The van der Waals surface area contributed by atoms with Crippen molar-refractivity contribution in [3.63, 3.8) is 0 Å². The van der Waals surface area contributed by atoms with Gasteiger partial charge in [0, 0.05) is 5.56 Å². The number of alkyl halides is 7. The molecule has 1 rings (SSSR count). The summed E-state index contributed by atoms with van der Waals surface area (Å²) in [5, 5.41) is -0.541. The summed E-state index contributed by atoms with van der Waals surface area (Å²) < 4.78 is 80.9. The fourth-order valence-corrected chi connectivity index (χ4v) is 1.83. The molecule has 0 fully saturated rings. The van der Waals surface area contributed by atoms with Gasteiger partial charge in [0.05, 0.1) is 18.0 Å². The molecule has 9 heteroatoms. The van der Waals surface area contributed by atoms with Crippen LogP contribution in [-0.4, -0.2) is 18.2 Å². The van der Waals surface area contributed by atoms with Gasteiger partial charge in [0.2, 0.25) is 0 Å². The number of Topliss-reactive ketones (excluding diaryl/α,β-unsaturated/α-hetero) is 1. The summed E-state index contributed by atoms with van der Waals surface area (Å²) in [5.41, 5.74) is -3.98. The molecule has 0 saturated carbocycles. The number of carbonyl (C=O) groups is 1. The van der Waals surface area contributed by atoms with Crippen LogP contribution in [0.25, 0.3) is 0 Å². The Labute approximate surface area is 117 Å². The van der Waals surface area contributed by atoms with Gasteiger partial charge < -0.3 is 4.74 Å². The molecule has 0 amide bonds. The van der Waals surface area contributed by atoms with Crippen molar-refractivity contribution >= 4 is 21.7 Å². The molecule has 0 spiro atoms. The summed E-state index contributed by atoms with van der Waals surface area (Å²) in [7, 11) is 0.799. The third-order valence-corrected chi connectivity index (χ3v) is 2.86. The van der Waals surface area contributed by atoms with Crippen LogP contribution in [0.3, 0.4) is 0 Å². The Kier molecular flexibility index (Phi) is 4.73. The minimum absolute atomic E-state index is 0.176. The largest absolute Gasteiger partial charge is 0.496 e. The highest BCUT2D eigenvalue weighted by atomic mass is 79.9. The van der Waals surface area contributed by atoms with Gasteiger partial charge in [-0.3, -0.25) is 4.79 Å². The summed E-state index contributed by atoms with van der Waals surface area (Å²) in [6.07, 6.45) is -9.90. The molecule has 2 nitrogen and oxygen atoms in total. The van der Waals surface area contributed by atoms with E-state index in [0.717, 1.165) is 7.11 Å². The van der Waals surface area contributed by atoms with E-state index in [1.807, 2.05) is 0 Å². The maximum Gasteiger partial charge on any atom is 0.420 e. The Morgan fingerprint density at radius 2 is 1.70 bits per heavy atom. The van der Waals surface area contributed by atoms with Crippen LogP contribution in [-0.2, 0) is 12.4 Å². The summed E-state index contributed by atoms with van der Waals surface area (Å²) in [6.45, 7) is 0. The molecule has 0 aromatic heterocycles. The van der Waals surface area contributed by atoms with Crippen molar-refractivity contribution in [3.05, 3.63) is 28.8 Å². The number of ketones is 1. The van der Waals surface area contributed by atoms with Crippen molar-refractivity contribution in [1.82, 2.24) is 0 Å². The van der Waals surface area contributed by atoms with Crippen molar-refractivity contribution in [2.45, 2.75) is 12.4 Å². The van der Waals surface area contributed by atoms with E-state index in [4.69, 9.17) is 0 Å². The van der Waals surface area contributed by atoms with Crippen LogP contribution in [0.5, 0.6) is 5.75 Å². The molecule has 0 unspecified atom stereocenters. The molecule has 0 radical (unpaired) electrons. The van der Waals surface area contributed by atoms with Gasteiger partial charge in [-0.05, 0) is 12.1 Å². The van der Waals surface area contributed by atoms with Crippen LogP contribution in [0.15, 0.2) is 12.1 Å². The van der Waals surface area contributed by atoms with Gasteiger partial charge in [0.25, 0.3) is 0 Å². The second kappa shape index (κ2) is 5.63. The second-order valence-corrected chi connectivity index (χ2v) is 4.21. The van der Waals surface area contributed by atoms with Gasteiger partial charge >= 0.3 is 12.4 Å². The normalized spacial score (nSPS) is 12.4. The molecule has 1 aromatic rings. The van der Waals surface area contributed by atoms with Crippen molar-refractivity contribution in [2.24, 2.45) is 0 Å². The van der Waals surface area contributed by atoms with E-state index < -0.39 is 45.9 Å². The number of hydrogen-bond acceptors (Lipinski definition) is 2. The molecule has 0 N–H and O–H groups in total. The quantitative estimate of drug-likeness (QED) is 0.453. The number of halogens is 7. The lowest BCUT2D eigenvalue weighted by Crippen LogP contribution is -2.18. The first kappa shape index (κ1) is 16.8. The lowest BCUT2D eigenvalue weighted by atomic mass is 9.99. The highest BCUT2D eigenvalue weighted by Crippen LogP contribution is 2.42. The van der Waals surface area contributed by atoms with Crippen molar-refractivity contribution in [3.8, 4) is 5.75 Å². The molecular formula is C11H7BrF6O2. The molecule has 20 heavy (non-hydrogen) atoms. The third-order valence-electron chi connectivity index (χ3n) is 2.35. The van der Waals surface area contributed by atoms with Gasteiger partial charge in [-0.25, -0.2) is 0 Å². The second-order valence-electron chi connectivity index (χ2n) is 3.65. The van der Waals surface area contributed by atoms with Gasteiger partial charge in [-0.15, -0.1) is 0 Å². The Hall–Kier alpha value is -1.25. The van der Waals surface area contributed by atoms with Gasteiger partial charge in [-0.2, -0.15) is 26.3 Å². The first-order valence-corrected chi connectivity index (χ1v) is 6.10. The number of ether oxygens (including phenoxy) is 1. The number of hydrogen-bond donors (Lipinski definition) is 0. The molecule has 0 aliphatic rings. The van der Waals surface area contributed by atoms with E-state index in [1.165, 1.54) is 0 Å². The topological polar surface area (TPSA) is 26.3 Å². The molecule has 1 aromatic carbocycles. The zero-order valence-corrected chi connectivity index (χ0v) is 11.4. The number of rotatable bonds is 3. The SMILES string of the molecule is COc1cc(C(F)(F)F)cc(C(=O)CBr)c1C(F)(F)F. The van der Waals surface area contributed by atoms with Crippen molar-refractivity contribution in [2.75, 3.05) is 12.4 Å². The zero-order chi connectivity index (χ0) is 15.7. The fraction of sp³-hybridized carbons (Fsp3) is 0.364. The van der Waals surface area contributed by atoms with E-state index in [0.29, 0.717) is 0 Å². The maximum atomic E-state index is 12.9. The smallest absolute Gasteiger partial charge is 0.420 e. The average Bonchev–Trinajstić information content (AvgIpc) is 2.33. The Morgan fingerprint density at radius 1 is 1.15 bits per heavy atom. The van der Waals surface area contributed by atoms with Crippen LogP contribution in [0.2, 0.25) is 0 Å². The Bertz CT molecular complexity index is 521. The zero-order valence-electron chi connectivity index (χ0n) is 9.82. The predicted octanol–water partition coefficient (Wildman–Crippen LogP) is 4.31. The van der Waals surface area contributed by atoms with Crippen LogP contribution < -0.4 is 4.74 Å². The predicted molar refractivity (Wildman–Crippen MR) is 61.1 cm³/mol. The summed E-state index contributed by atoms with van der Waals surface area (Å²) >= 11 is 2.63. The van der Waals surface area contributed by atoms with Crippen LogP contribution in [0.1, 0.15) is 21.5 Å². The standard InChI is InChI=1S/C11H7BrF6O2/c1-20-8-3-5(10(13,14)15)2-6(7(19)4-12)9(8)11(16,17)18/h2-3H,4H2,1H3. The molecule has 0 aliphatic heterocycles. The molecule has 112 valence electrons. The number of benzene rings is 1. The summed E-state index contributed by atoms with van der Waals surface area (Å²) in [5.74, 6) is -2.17. The van der Waals surface area contributed by atoms with Gasteiger partial charge in [0.1, 0.15) is 11.3 Å². The maximum absolute atomic E-state index is 12.9. The molecular weight excluding hydrogens is 358 g/mol. The molecule has 0 aliphatic carbocycles. The highest BCUT2D eigenvalue weighted by molar-refractivity contribution is 9.09. The number of carbonyl (C=O) groups excluding carboxylic acids is 1. The minimum Gasteiger partial charge on any atom is -0.496 e. The fourth-order valence-electron chi connectivity index (χ4n) is 1.52. The molecule has 0 bridgehead atoms.